The highest BCUT2D eigenvalue weighted by atomic mass is 32.2. The molecule has 142 valence electrons. The summed E-state index contributed by atoms with van der Waals surface area (Å²) in [6, 6.07) is 6.32. The summed E-state index contributed by atoms with van der Waals surface area (Å²) < 4.78 is 32.7. The van der Waals surface area contributed by atoms with Crippen molar-refractivity contribution in [1.29, 1.82) is 0 Å². The minimum absolute atomic E-state index is 0.0408. The smallest absolute Gasteiger partial charge is 0.339 e. The fraction of sp³-hybridized carbons (Fsp3) is 0.650. The first-order chi connectivity index (χ1) is 12.3. The van der Waals surface area contributed by atoms with Gasteiger partial charge in [-0.3, -0.25) is 0 Å². The molecule has 4 bridgehead atoms. The first kappa shape index (κ1) is 18.0. The molecule has 4 saturated carbocycles. The zero-order valence-electron chi connectivity index (χ0n) is 15.5. The van der Waals surface area contributed by atoms with E-state index in [9.17, 15) is 13.2 Å². The minimum Gasteiger partial charge on any atom is -0.465 e. The third-order valence-electron chi connectivity index (χ3n) is 6.70. The van der Waals surface area contributed by atoms with Crippen LogP contribution >= 0.6 is 0 Å². The van der Waals surface area contributed by atoms with Crippen molar-refractivity contribution in [2.45, 2.75) is 43.4 Å². The van der Waals surface area contributed by atoms with Gasteiger partial charge in [-0.15, -0.1) is 0 Å². The molecule has 0 heterocycles. The van der Waals surface area contributed by atoms with Gasteiger partial charge in [0.2, 0.25) is 10.0 Å². The molecule has 5 nitrogen and oxygen atoms in total. The molecule has 5 rings (SSSR count). The van der Waals surface area contributed by atoms with Gasteiger partial charge in [0.1, 0.15) is 0 Å². The van der Waals surface area contributed by atoms with Gasteiger partial charge in [-0.2, -0.15) is 0 Å². The van der Waals surface area contributed by atoms with E-state index in [2.05, 4.69) is 0 Å². The lowest BCUT2D eigenvalue weighted by atomic mass is 9.49. The van der Waals surface area contributed by atoms with Gasteiger partial charge in [-0.05, 0) is 73.8 Å². The molecule has 4 aliphatic rings. The van der Waals surface area contributed by atoms with Gasteiger partial charge >= 0.3 is 5.97 Å². The number of carbonyl (C=O) groups excluding carboxylic acids is 1. The van der Waals surface area contributed by atoms with Crippen molar-refractivity contribution in [3.8, 4) is 0 Å². The molecular weight excluding hydrogens is 350 g/mol. The summed E-state index contributed by atoms with van der Waals surface area (Å²) in [5.74, 6) is 1.71. The fourth-order valence-electron chi connectivity index (χ4n) is 6.18. The summed E-state index contributed by atoms with van der Waals surface area (Å²) in [4.78, 5) is 12.0. The maximum Gasteiger partial charge on any atom is 0.339 e. The number of carbonyl (C=O) groups is 1. The summed E-state index contributed by atoms with van der Waals surface area (Å²) in [5.41, 5.74) is 0.226. The van der Waals surface area contributed by atoms with Crippen LogP contribution in [0, 0.1) is 23.2 Å². The van der Waals surface area contributed by atoms with E-state index in [4.69, 9.17) is 4.74 Å². The lowest BCUT2D eigenvalue weighted by Crippen LogP contribution is -2.51. The molecule has 0 N–H and O–H groups in total. The number of ether oxygens (including phenoxy) is 1. The predicted molar refractivity (Wildman–Crippen MR) is 98.2 cm³/mol. The van der Waals surface area contributed by atoms with Gasteiger partial charge in [0.15, 0.2) is 0 Å². The van der Waals surface area contributed by atoms with Crippen molar-refractivity contribution in [3.05, 3.63) is 29.8 Å². The van der Waals surface area contributed by atoms with Crippen molar-refractivity contribution in [2.75, 3.05) is 20.7 Å². The van der Waals surface area contributed by atoms with Crippen LogP contribution in [0.3, 0.4) is 0 Å². The Kier molecular flexibility index (Phi) is 4.39. The van der Waals surface area contributed by atoms with Crippen LogP contribution in [0.2, 0.25) is 0 Å². The topological polar surface area (TPSA) is 63.7 Å². The summed E-state index contributed by atoms with van der Waals surface area (Å²) in [5, 5.41) is 0. The van der Waals surface area contributed by atoms with E-state index in [0.717, 1.165) is 37.0 Å². The van der Waals surface area contributed by atoms with E-state index in [-0.39, 0.29) is 15.9 Å². The van der Waals surface area contributed by atoms with Crippen molar-refractivity contribution in [3.63, 3.8) is 0 Å². The van der Waals surface area contributed by atoms with Crippen molar-refractivity contribution >= 4 is 16.0 Å². The number of hydrogen-bond acceptors (Lipinski definition) is 4. The number of benzene rings is 1. The Labute approximate surface area is 155 Å². The molecule has 1 aromatic rings. The molecule has 0 amide bonds. The quantitative estimate of drug-likeness (QED) is 0.739. The number of esters is 1. The highest BCUT2D eigenvalue weighted by Crippen LogP contribution is 2.60. The summed E-state index contributed by atoms with van der Waals surface area (Å²) >= 11 is 0. The van der Waals surface area contributed by atoms with Crippen LogP contribution in [-0.2, 0) is 14.8 Å². The Bertz CT molecular complexity index is 782. The maximum atomic E-state index is 13.2. The Balaban J connectivity index is 1.60. The highest BCUT2D eigenvalue weighted by molar-refractivity contribution is 7.89. The van der Waals surface area contributed by atoms with Crippen molar-refractivity contribution < 1.29 is 17.9 Å². The molecule has 0 spiro atoms. The normalized spacial score (nSPS) is 32.8. The molecule has 0 atom stereocenters. The molecule has 0 aromatic heterocycles. The second-order valence-electron chi connectivity index (χ2n) is 8.67. The second-order valence-corrected chi connectivity index (χ2v) is 10.7. The largest absolute Gasteiger partial charge is 0.465 e. The first-order valence-corrected chi connectivity index (χ1v) is 10.9. The molecule has 6 heteroatoms. The van der Waals surface area contributed by atoms with E-state index in [1.807, 2.05) is 0 Å². The van der Waals surface area contributed by atoms with Crippen LogP contribution in [-0.4, -0.2) is 39.4 Å². The number of methoxy groups -OCH3 is 1. The third kappa shape index (κ3) is 2.97. The van der Waals surface area contributed by atoms with Crippen LogP contribution in [0.5, 0.6) is 0 Å². The fourth-order valence-corrected chi connectivity index (χ4v) is 7.64. The average molecular weight is 378 g/mol. The number of nitrogens with zero attached hydrogens (tertiary/aromatic N) is 1. The zero-order chi connectivity index (χ0) is 18.5. The van der Waals surface area contributed by atoms with Gasteiger partial charge in [0.25, 0.3) is 0 Å². The summed E-state index contributed by atoms with van der Waals surface area (Å²) in [6.45, 7) is 0.550. The van der Waals surface area contributed by atoms with E-state index < -0.39 is 16.0 Å². The number of rotatable bonds is 5. The molecule has 0 unspecified atom stereocenters. The SMILES string of the molecule is COC(=O)c1ccccc1S(=O)(=O)N(C)CC12CC3CC(CC(C3)C1)C2. The second kappa shape index (κ2) is 6.34. The third-order valence-corrected chi connectivity index (χ3v) is 8.57. The lowest BCUT2D eigenvalue weighted by molar-refractivity contribution is -0.0583. The Morgan fingerprint density at radius 1 is 1.12 bits per heavy atom. The minimum atomic E-state index is -3.74. The molecule has 4 aliphatic carbocycles. The molecule has 1 aromatic carbocycles. The Morgan fingerprint density at radius 2 is 1.65 bits per heavy atom. The summed E-state index contributed by atoms with van der Waals surface area (Å²) in [7, 11) is -0.812. The van der Waals surface area contributed by atoms with Crippen LogP contribution in [0.1, 0.15) is 48.9 Å². The van der Waals surface area contributed by atoms with Gasteiger partial charge in [0.05, 0.1) is 17.6 Å². The molecule has 4 fully saturated rings. The lowest BCUT2D eigenvalue weighted by Gasteiger charge is -2.57. The molecular formula is C20H27NO4S. The van der Waals surface area contributed by atoms with Crippen LogP contribution < -0.4 is 0 Å². The van der Waals surface area contributed by atoms with Crippen molar-refractivity contribution in [1.82, 2.24) is 4.31 Å². The highest BCUT2D eigenvalue weighted by Gasteiger charge is 2.51. The Morgan fingerprint density at radius 3 is 2.19 bits per heavy atom. The maximum absolute atomic E-state index is 13.2. The standard InChI is InChI=1S/C20H27NO4S/c1-21(13-20-10-14-7-15(11-20)9-16(8-14)12-20)26(23,24)18-6-4-3-5-17(18)19(22)25-2/h3-6,14-16H,7-13H2,1-2H3. The van der Waals surface area contributed by atoms with Crippen LogP contribution in [0.15, 0.2) is 29.2 Å². The average Bonchev–Trinajstić information content (AvgIpc) is 2.59. The van der Waals surface area contributed by atoms with E-state index in [1.165, 1.54) is 42.8 Å². The van der Waals surface area contributed by atoms with Crippen LogP contribution in [0.4, 0.5) is 0 Å². The van der Waals surface area contributed by atoms with Gasteiger partial charge in [0, 0.05) is 13.6 Å². The molecule has 0 saturated heterocycles. The van der Waals surface area contributed by atoms with E-state index >= 15 is 0 Å². The van der Waals surface area contributed by atoms with E-state index in [1.54, 1.807) is 19.2 Å². The van der Waals surface area contributed by atoms with Gasteiger partial charge < -0.3 is 4.74 Å². The number of hydrogen-bond donors (Lipinski definition) is 0. The molecule has 26 heavy (non-hydrogen) atoms. The first-order valence-electron chi connectivity index (χ1n) is 9.47. The molecule has 0 aliphatic heterocycles. The number of sulfonamides is 1. The van der Waals surface area contributed by atoms with Crippen molar-refractivity contribution in [2.24, 2.45) is 23.2 Å². The molecule has 0 radical (unpaired) electrons. The predicted octanol–water partition coefficient (Wildman–Crippen LogP) is 3.31. The van der Waals surface area contributed by atoms with Gasteiger partial charge in [-0.25, -0.2) is 17.5 Å². The Hall–Kier alpha value is -1.40. The zero-order valence-corrected chi connectivity index (χ0v) is 16.3. The van der Waals surface area contributed by atoms with E-state index in [0.29, 0.717) is 6.54 Å². The summed E-state index contributed by atoms with van der Waals surface area (Å²) in [6.07, 6.45) is 7.45. The monoisotopic (exact) mass is 377 g/mol. The van der Waals surface area contributed by atoms with Crippen LogP contribution in [0.25, 0.3) is 0 Å². The van der Waals surface area contributed by atoms with Gasteiger partial charge in [-0.1, -0.05) is 12.1 Å².